The summed E-state index contributed by atoms with van der Waals surface area (Å²) in [6.45, 7) is 7.14. The van der Waals surface area contributed by atoms with Crippen molar-refractivity contribution in [2.24, 2.45) is 17.6 Å². The molecule has 0 bridgehead atoms. The van der Waals surface area contributed by atoms with Crippen LogP contribution in [0.1, 0.15) is 26.3 Å². The van der Waals surface area contributed by atoms with Crippen LogP contribution >= 0.6 is 0 Å². The van der Waals surface area contributed by atoms with E-state index in [-0.39, 0.29) is 23.5 Å². The fraction of sp³-hybridized carbons (Fsp3) is 0.562. The van der Waals surface area contributed by atoms with Crippen LogP contribution in [0.5, 0.6) is 5.75 Å². The first-order valence-corrected chi connectivity index (χ1v) is 7.25. The van der Waals surface area contributed by atoms with Crippen molar-refractivity contribution in [3.63, 3.8) is 0 Å². The number of carbonyl (C=O) groups is 1. The van der Waals surface area contributed by atoms with Gasteiger partial charge in [-0.25, -0.2) is 4.39 Å². The van der Waals surface area contributed by atoms with E-state index in [1.54, 1.807) is 17.0 Å². The lowest BCUT2D eigenvalue weighted by Crippen LogP contribution is -2.41. The Morgan fingerprint density at radius 2 is 2.10 bits per heavy atom. The molecule has 1 rings (SSSR count). The topological polar surface area (TPSA) is 55.6 Å². The first kappa shape index (κ1) is 17.4. The molecule has 1 aromatic carbocycles. The highest BCUT2D eigenvalue weighted by Crippen LogP contribution is 2.20. The third-order valence-corrected chi connectivity index (χ3v) is 3.66. The maximum atomic E-state index is 13.7. The van der Waals surface area contributed by atoms with Gasteiger partial charge >= 0.3 is 0 Å². The van der Waals surface area contributed by atoms with E-state index in [9.17, 15) is 9.18 Å². The van der Waals surface area contributed by atoms with Gasteiger partial charge in [-0.3, -0.25) is 4.79 Å². The number of hydrogen-bond acceptors (Lipinski definition) is 3. The minimum atomic E-state index is -0.419. The van der Waals surface area contributed by atoms with Crippen LogP contribution in [0.2, 0.25) is 0 Å². The molecule has 5 heteroatoms. The molecule has 0 aliphatic heterocycles. The number of rotatable bonds is 7. The normalized spacial score (nSPS) is 12.3. The van der Waals surface area contributed by atoms with Crippen LogP contribution in [0.25, 0.3) is 0 Å². The number of nitrogens with zero attached hydrogens (tertiary/aromatic N) is 1. The summed E-state index contributed by atoms with van der Waals surface area (Å²) in [6, 6.07) is 4.75. The maximum absolute atomic E-state index is 13.7. The van der Waals surface area contributed by atoms with Gasteiger partial charge in [0.1, 0.15) is 0 Å². The van der Waals surface area contributed by atoms with Crippen LogP contribution in [0, 0.1) is 17.7 Å². The van der Waals surface area contributed by atoms with E-state index in [1.165, 1.54) is 13.2 Å². The largest absolute Gasteiger partial charge is 0.494 e. The average Bonchev–Trinajstić information content (AvgIpc) is 2.45. The standard InChI is InChI=1S/C16H25FN2O2/c1-5-19(16(20)13(9-18)11(2)3)10-12-6-7-15(21-4)14(17)8-12/h6-8,11,13H,5,9-10,18H2,1-4H3. The van der Waals surface area contributed by atoms with Crippen molar-refractivity contribution < 1.29 is 13.9 Å². The molecule has 1 aromatic rings. The molecule has 0 aliphatic carbocycles. The van der Waals surface area contributed by atoms with Crippen LogP contribution in [-0.4, -0.2) is 31.0 Å². The highest BCUT2D eigenvalue weighted by atomic mass is 19.1. The third kappa shape index (κ3) is 4.43. The molecule has 0 saturated carbocycles. The van der Waals surface area contributed by atoms with Crippen LogP contribution in [0.15, 0.2) is 18.2 Å². The zero-order chi connectivity index (χ0) is 16.0. The highest BCUT2D eigenvalue weighted by Gasteiger charge is 2.25. The van der Waals surface area contributed by atoms with E-state index >= 15 is 0 Å². The van der Waals surface area contributed by atoms with Crippen LogP contribution in [-0.2, 0) is 11.3 Å². The number of carbonyl (C=O) groups excluding carboxylic acids is 1. The van der Waals surface area contributed by atoms with Crippen LogP contribution in [0.4, 0.5) is 4.39 Å². The maximum Gasteiger partial charge on any atom is 0.227 e. The molecule has 1 amide bonds. The lowest BCUT2D eigenvalue weighted by molar-refractivity contribution is -0.137. The third-order valence-electron chi connectivity index (χ3n) is 3.66. The molecule has 21 heavy (non-hydrogen) atoms. The summed E-state index contributed by atoms with van der Waals surface area (Å²) < 4.78 is 18.6. The molecule has 2 N–H and O–H groups in total. The Morgan fingerprint density at radius 1 is 1.43 bits per heavy atom. The molecule has 0 fully saturated rings. The van der Waals surface area contributed by atoms with Crippen molar-refractivity contribution in [3.05, 3.63) is 29.6 Å². The summed E-state index contributed by atoms with van der Waals surface area (Å²) in [6.07, 6.45) is 0. The van der Waals surface area contributed by atoms with Crippen LogP contribution in [0.3, 0.4) is 0 Å². The van der Waals surface area contributed by atoms with Gasteiger partial charge in [-0.1, -0.05) is 19.9 Å². The summed E-state index contributed by atoms with van der Waals surface area (Å²) in [5, 5.41) is 0. The number of nitrogens with two attached hydrogens (primary N) is 1. The Balaban J connectivity index is 2.87. The van der Waals surface area contributed by atoms with Gasteiger partial charge in [0, 0.05) is 19.6 Å². The zero-order valence-electron chi connectivity index (χ0n) is 13.2. The zero-order valence-corrected chi connectivity index (χ0v) is 13.2. The Bertz CT molecular complexity index is 477. The summed E-state index contributed by atoms with van der Waals surface area (Å²) >= 11 is 0. The molecule has 4 nitrogen and oxygen atoms in total. The predicted octanol–water partition coefficient (Wildman–Crippen LogP) is 2.41. The molecule has 118 valence electrons. The van der Waals surface area contributed by atoms with Crippen molar-refractivity contribution in [1.29, 1.82) is 0 Å². The smallest absolute Gasteiger partial charge is 0.227 e. The Morgan fingerprint density at radius 3 is 2.52 bits per heavy atom. The van der Waals surface area contributed by atoms with Gasteiger partial charge in [-0.05, 0) is 30.5 Å². The molecule has 0 aromatic heterocycles. The summed E-state index contributed by atoms with van der Waals surface area (Å²) in [4.78, 5) is 14.2. The first-order chi connectivity index (χ1) is 9.94. The van der Waals surface area contributed by atoms with Gasteiger partial charge in [0.15, 0.2) is 11.6 Å². The minimum Gasteiger partial charge on any atom is -0.494 e. The second kappa shape index (κ2) is 7.98. The van der Waals surface area contributed by atoms with E-state index in [0.717, 1.165) is 5.56 Å². The van der Waals surface area contributed by atoms with Gasteiger partial charge in [0.2, 0.25) is 5.91 Å². The lowest BCUT2D eigenvalue weighted by atomic mass is 9.94. The Labute approximate surface area is 126 Å². The molecular weight excluding hydrogens is 271 g/mol. The van der Waals surface area contributed by atoms with Crippen molar-refractivity contribution in [1.82, 2.24) is 4.90 Å². The molecule has 0 saturated heterocycles. The van der Waals surface area contributed by atoms with E-state index in [0.29, 0.717) is 19.6 Å². The number of halogens is 1. The fourth-order valence-electron chi connectivity index (χ4n) is 2.27. The molecule has 1 unspecified atom stereocenters. The SMILES string of the molecule is CCN(Cc1ccc(OC)c(F)c1)C(=O)C(CN)C(C)C. The van der Waals surface area contributed by atoms with Crippen LogP contribution < -0.4 is 10.5 Å². The number of benzene rings is 1. The molecule has 0 radical (unpaired) electrons. The van der Waals surface area contributed by atoms with E-state index in [1.807, 2.05) is 20.8 Å². The molecule has 0 spiro atoms. The fourth-order valence-corrected chi connectivity index (χ4v) is 2.27. The van der Waals surface area contributed by atoms with Crippen molar-refractivity contribution in [2.45, 2.75) is 27.3 Å². The lowest BCUT2D eigenvalue weighted by Gasteiger charge is -2.27. The van der Waals surface area contributed by atoms with Gasteiger partial charge in [0.25, 0.3) is 0 Å². The van der Waals surface area contributed by atoms with Gasteiger partial charge in [-0.15, -0.1) is 0 Å². The van der Waals surface area contributed by atoms with E-state index in [4.69, 9.17) is 10.5 Å². The quantitative estimate of drug-likeness (QED) is 0.840. The van der Waals surface area contributed by atoms with Gasteiger partial charge in [0.05, 0.1) is 13.0 Å². The van der Waals surface area contributed by atoms with Crippen molar-refractivity contribution >= 4 is 5.91 Å². The van der Waals surface area contributed by atoms with Crippen molar-refractivity contribution in [2.75, 3.05) is 20.2 Å². The molecule has 0 heterocycles. The number of hydrogen-bond donors (Lipinski definition) is 1. The van der Waals surface area contributed by atoms with Gasteiger partial charge in [-0.2, -0.15) is 0 Å². The minimum absolute atomic E-state index is 0.0197. The highest BCUT2D eigenvalue weighted by molar-refractivity contribution is 5.79. The average molecular weight is 296 g/mol. The summed E-state index contributed by atoms with van der Waals surface area (Å²) in [7, 11) is 1.43. The van der Waals surface area contributed by atoms with E-state index < -0.39 is 5.82 Å². The molecule has 1 atom stereocenters. The number of ether oxygens (including phenoxy) is 1. The predicted molar refractivity (Wildman–Crippen MR) is 81.4 cm³/mol. The Hall–Kier alpha value is -1.62. The van der Waals surface area contributed by atoms with E-state index in [2.05, 4.69) is 0 Å². The van der Waals surface area contributed by atoms with Gasteiger partial charge < -0.3 is 15.4 Å². The summed E-state index contributed by atoms with van der Waals surface area (Å²) in [5.41, 5.74) is 6.44. The summed E-state index contributed by atoms with van der Waals surface area (Å²) in [5.74, 6) is -0.212. The molecular formula is C16H25FN2O2. The number of amides is 1. The molecule has 0 aliphatic rings. The first-order valence-electron chi connectivity index (χ1n) is 7.25. The van der Waals surface area contributed by atoms with Crippen molar-refractivity contribution in [3.8, 4) is 5.75 Å². The number of methoxy groups -OCH3 is 1. The second-order valence-corrected chi connectivity index (χ2v) is 5.41. The Kier molecular flexibility index (Phi) is 6.62. The monoisotopic (exact) mass is 296 g/mol. The second-order valence-electron chi connectivity index (χ2n) is 5.41.